The molecule has 0 radical (unpaired) electrons. The Kier molecular flexibility index (Phi) is 4.33. The fourth-order valence-electron chi connectivity index (χ4n) is 3.84. The fraction of sp³-hybridized carbons (Fsp3) is 0.562. The lowest BCUT2D eigenvalue weighted by atomic mass is 9.85. The SMILES string of the molecule is COc1ccc(S(=O)(=O)N2C(C(=O)O)CC3CCCCC32)cc1. The van der Waals surface area contributed by atoms with Gasteiger partial charge in [-0.15, -0.1) is 0 Å². The average Bonchev–Trinajstić information content (AvgIpc) is 2.95. The van der Waals surface area contributed by atoms with Gasteiger partial charge in [-0.2, -0.15) is 4.31 Å². The van der Waals surface area contributed by atoms with Crippen molar-refractivity contribution in [3.8, 4) is 5.75 Å². The van der Waals surface area contributed by atoms with Crippen molar-refractivity contribution in [2.75, 3.05) is 7.11 Å². The molecule has 2 fully saturated rings. The Hall–Kier alpha value is -1.60. The third-order valence-corrected chi connectivity index (χ3v) is 6.90. The van der Waals surface area contributed by atoms with E-state index in [1.54, 1.807) is 12.1 Å². The number of carbonyl (C=O) groups is 1. The van der Waals surface area contributed by atoms with Crippen LogP contribution < -0.4 is 4.74 Å². The molecular weight excluding hydrogens is 318 g/mol. The topological polar surface area (TPSA) is 83.9 Å². The van der Waals surface area contributed by atoms with Gasteiger partial charge >= 0.3 is 5.97 Å². The summed E-state index contributed by atoms with van der Waals surface area (Å²) in [5.41, 5.74) is 0. The average molecular weight is 339 g/mol. The number of rotatable bonds is 4. The van der Waals surface area contributed by atoms with Gasteiger partial charge in [0, 0.05) is 6.04 Å². The number of hydrogen-bond acceptors (Lipinski definition) is 4. The second-order valence-electron chi connectivity index (χ2n) is 6.21. The van der Waals surface area contributed by atoms with Crippen molar-refractivity contribution in [1.29, 1.82) is 0 Å². The zero-order valence-corrected chi connectivity index (χ0v) is 13.8. The number of carboxylic acid groups (broad SMARTS) is 1. The molecule has 1 aromatic carbocycles. The van der Waals surface area contributed by atoms with Gasteiger partial charge in [0.25, 0.3) is 0 Å². The van der Waals surface area contributed by atoms with E-state index in [4.69, 9.17) is 4.74 Å². The van der Waals surface area contributed by atoms with E-state index in [-0.39, 0.29) is 16.9 Å². The van der Waals surface area contributed by atoms with E-state index in [1.165, 1.54) is 23.5 Å². The first-order chi connectivity index (χ1) is 10.9. The number of fused-ring (bicyclic) bond motifs is 1. The maximum atomic E-state index is 13.0. The quantitative estimate of drug-likeness (QED) is 0.908. The van der Waals surface area contributed by atoms with Gasteiger partial charge in [0.1, 0.15) is 11.8 Å². The Balaban J connectivity index is 1.99. The lowest BCUT2D eigenvalue weighted by Gasteiger charge is -2.32. The molecule has 2 aliphatic rings. The van der Waals surface area contributed by atoms with Crippen LogP contribution in [0.5, 0.6) is 5.75 Å². The number of sulfonamides is 1. The molecule has 23 heavy (non-hydrogen) atoms. The van der Waals surface area contributed by atoms with Gasteiger partial charge in [-0.3, -0.25) is 4.79 Å². The fourth-order valence-corrected chi connectivity index (χ4v) is 5.71. The number of nitrogens with zero attached hydrogens (tertiary/aromatic N) is 1. The molecule has 0 bridgehead atoms. The summed E-state index contributed by atoms with van der Waals surface area (Å²) in [5, 5.41) is 9.50. The van der Waals surface area contributed by atoms with Crippen molar-refractivity contribution in [2.45, 2.75) is 49.1 Å². The van der Waals surface area contributed by atoms with Crippen LogP contribution in [-0.2, 0) is 14.8 Å². The molecule has 1 heterocycles. The predicted octanol–water partition coefficient (Wildman–Crippen LogP) is 2.10. The highest BCUT2D eigenvalue weighted by Crippen LogP contribution is 2.42. The lowest BCUT2D eigenvalue weighted by Crippen LogP contribution is -2.46. The predicted molar refractivity (Wildman–Crippen MR) is 83.8 cm³/mol. The smallest absolute Gasteiger partial charge is 0.322 e. The Morgan fingerprint density at radius 1 is 1.22 bits per heavy atom. The number of carboxylic acids is 1. The van der Waals surface area contributed by atoms with Crippen LogP contribution in [0.1, 0.15) is 32.1 Å². The molecule has 3 rings (SSSR count). The Labute approximate surface area is 136 Å². The first-order valence-electron chi connectivity index (χ1n) is 7.85. The highest BCUT2D eigenvalue weighted by atomic mass is 32.2. The van der Waals surface area contributed by atoms with E-state index in [0.717, 1.165) is 25.7 Å². The molecular formula is C16H21NO5S. The second kappa shape index (κ2) is 6.13. The number of aliphatic carboxylic acids is 1. The zero-order chi connectivity index (χ0) is 16.6. The van der Waals surface area contributed by atoms with Gasteiger partial charge in [-0.05, 0) is 49.4 Å². The van der Waals surface area contributed by atoms with Gasteiger partial charge in [0.05, 0.1) is 12.0 Å². The molecule has 1 aliphatic carbocycles. The summed E-state index contributed by atoms with van der Waals surface area (Å²) in [6.07, 6.45) is 4.05. The normalized spacial score (nSPS) is 28.3. The summed E-state index contributed by atoms with van der Waals surface area (Å²) >= 11 is 0. The number of ether oxygens (including phenoxy) is 1. The summed E-state index contributed by atoms with van der Waals surface area (Å²) in [6, 6.07) is 4.95. The van der Waals surface area contributed by atoms with Gasteiger partial charge in [0.2, 0.25) is 10.0 Å². The lowest BCUT2D eigenvalue weighted by molar-refractivity contribution is -0.141. The molecule has 1 saturated heterocycles. The molecule has 3 atom stereocenters. The Morgan fingerprint density at radius 2 is 1.87 bits per heavy atom. The number of benzene rings is 1. The monoisotopic (exact) mass is 339 g/mol. The maximum absolute atomic E-state index is 13.0. The molecule has 0 spiro atoms. The van der Waals surface area contributed by atoms with E-state index in [2.05, 4.69) is 0 Å². The molecule has 1 N–H and O–H groups in total. The molecule has 126 valence electrons. The highest BCUT2D eigenvalue weighted by molar-refractivity contribution is 7.89. The maximum Gasteiger partial charge on any atom is 0.322 e. The zero-order valence-electron chi connectivity index (χ0n) is 13.0. The third-order valence-electron chi connectivity index (χ3n) is 4.95. The van der Waals surface area contributed by atoms with Crippen molar-refractivity contribution in [1.82, 2.24) is 4.31 Å². The van der Waals surface area contributed by atoms with Gasteiger partial charge in [-0.1, -0.05) is 12.8 Å². The van der Waals surface area contributed by atoms with E-state index >= 15 is 0 Å². The second-order valence-corrected chi connectivity index (χ2v) is 8.06. The minimum absolute atomic E-state index is 0.121. The van der Waals surface area contributed by atoms with E-state index in [9.17, 15) is 18.3 Å². The Morgan fingerprint density at radius 3 is 2.48 bits per heavy atom. The van der Waals surface area contributed by atoms with Gasteiger partial charge in [-0.25, -0.2) is 8.42 Å². The van der Waals surface area contributed by atoms with Crippen molar-refractivity contribution in [3.05, 3.63) is 24.3 Å². The molecule has 1 saturated carbocycles. The minimum atomic E-state index is -3.83. The molecule has 1 aliphatic heterocycles. The van der Waals surface area contributed by atoms with Crippen LogP contribution in [0.25, 0.3) is 0 Å². The third kappa shape index (κ3) is 2.83. The van der Waals surface area contributed by atoms with Crippen molar-refractivity contribution in [3.63, 3.8) is 0 Å². The van der Waals surface area contributed by atoms with E-state index < -0.39 is 22.0 Å². The van der Waals surface area contributed by atoms with Crippen LogP contribution >= 0.6 is 0 Å². The van der Waals surface area contributed by atoms with E-state index in [0.29, 0.717) is 12.2 Å². The van der Waals surface area contributed by atoms with Crippen molar-refractivity contribution in [2.24, 2.45) is 5.92 Å². The van der Waals surface area contributed by atoms with Crippen LogP contribution in [0.2, 0.25) is 0 Å². The van der Waals surface area contributed by atoms with Crippen molar-refractivity contribution >= 4 is 16.0 Å². The van der Waals surface area contributed by atoms with E-state index in [1.807, 2.05) is 0 Å². The van der Waals surface area contributed by atoms with Gasteiger partial charge in [0.15, 0.2) is 0 Å². The molecule has 7 heteroatoms. The van der Waals surface area contributed by atoms with Gasteiger partial charge < -0.3 is 9.84 Å². The summed E-state index contributed by atoms with van der Waals surface area (Å²) in [4.78, 5) is 11.7. The minimum Gasteiger partial charge on any atom is -0.497 e. The molecule has 6 nitrogen and oxygen atoms in total. The van der Waals surface area contributed by atoms with Crippen LogP contribution in [-0.4, -0.2) is 43.0 Å². The highest BCUT2D eigenvalue weighted by Gasteiger charge is 2.51. The molecule has 3 unspecified atom stereocenters. The summed E-state index contributed by atoms with van der Waals surface area (Å²) in [6.45, 7) is 0. The molecule has 0 aromatic heterocycles. The Bertz CT molecular complexity index is 685. The van der Waals surface area contributed by atoms with Crippen LogP contribution in [0.4, 0.5) is 0 Å². The molecule has 1 aromatic rings. The largest absolute Gasteiger partial charge is 0.497 e. The first kappa shape index (κ1) is 16.3. The van der Waals surface area contributed by atoms with Crippen LogP contribution in [0.3, 0.4) is 0 Å². The summed E-state index contributed by atoms with van der Waals surface area (Å²) in [5.74, 6) is -0.343. The number of hydrogen-bond donors (Lipinski definition) is 1. The first-order valence-corrected chi connectivity index (χ1v) is 9.29. The summed E-state index contributed by atoms with van der Waals surface area (Å²) < 4.78 is 32.4. The van der Waals surface area contributed by atoms with Crippen LogP contribution in [0, 0.1) is 5.92 Å². The van der Waals surface area contributed by atoms with Crippen molar-refractivity contribution < 1.29 is 23.1 Å². The molecule has 0 amide bonds. The summed E-state index contributed by atoms with van der Waals surface area (Å²) in [7, 11) is -2.32. The van der Waals surface area contributed by atoms with Crippen LogP contribution in [0.15, 0.2) is 29.2 Å². The standard InChI is InChI=1S/C16H21NO5S/c1-22-12-6-8-13(9-7-12)23(20,21)17-14-5-3-2-4-11(14)10-15(17)16(18)19/h6-9,11,14-15H,2-5,10H2,1H3,(H,18,19). The number of methoxy groups -OCH3 is 1.